The van der Waals surface area contributed by atoms with Crippen molar-refractivity contribution in [3.8, 4) is 0 Å². The summed E-state index contributed by atoms with van der Waals surface area (Å²) in [4.78, 5) is 2.41. The molecule has 0 saturated heterocycles. The van der Waals surface area contributed by atoms with Gasteiger partial charge in [0, 0.05) is 0 Å². The summed E-state index contributed by atoms with van der Waals surface area (Å²) in [7, 11) is 0. The van der Waals surface area contributed by atoms with Gasteiger partial charge in [0.2, 0.25) is 0 Å². The van der Waals surface area contributed by atoms with Crippen molar-refractivity contribution in [1.29, 1.82) is 0 Å². The van der Waals surface area contributed by atoms with Crippen molar-refractivity contribution in [2.75, 3.05) is 0 Å². The van der Waals surface area contributed by atoms with E-state index in [-0.39, 0.29) is 0 Å². The standard InChI is InChI=1S/C13H18Se/c1-3-4-10-14-11-12(2)13-8-6-5-7-9-13/h5-9,11H,3-4,10H2,1-2H3/b12-11+. The minimum atomic E-state index is 0.690. The van der Waals surface area contributed by atoms with E-state index in [1.165, 1.54) is 29.3 Å². The summed E-state index contributed by atoms with van der Waals surface area (Å²) in [5.41, 5.74) is 2.80. The monoisotopic (exact) mass is 254 g/mol. The Morgan fingerprint density at radius 2 is 2.00 bits per heavy atom. The van der Waals surface area contributed by atoms with Crippen molar-refractivity contribution < 1.29 is 0 Å². The maximum atomic E-state index is 2.41. The first-order valence-electron chi connectivity index (χ1n) is 5.18. The first-order valence-corrected chi connectivity index (χ1v) is 7.38. The molecule has 1 heteroatoms. The molecule has 1 aromatic carbocycles. The summed E-state index contributed by atoms with van der Waals surface area (Å²) in [6.07, 6.45) is 2.69. The van der Waals surface area contributed by atoms with Crippen LogP contribution in [0.2, 0.25) is 5.32 Å². The van der Waals surface area contributed by atoms with E-state index in [0.29, 0.717) is 15.0 Å². The Balaban J connectivity index is 2.44. The van der Waals surface area contributed by atoms with Crippen LogP contribution < -0.4 is 0 Å². The van der Waals surface area contributed by atoms with E-state index in [4.69, 9.17) is 0 Å². The molecule has 0 bridgehead atoms. The normalized spacial score (nSPS) is 11.7. The average Bonchev–Trinajstić information content (AvgIpc) is 2.25. The third-order valence-electron chi connectivity index (χ3n) is 2.10. The van der Waals surface area contributed by atoms with Crippen molar-refractivity contribution in [3.05, 3.63) is 40.9 Å². The molecule has 0 fully saturated rings. The minimum absolute atomic E-state index is 0.690. The zero-order chi connectivity index (χ0) is 10.2. The molecule has 0 radical (unpaired) electrons. The zero-order valence-corrected chi connectivity index (χ0v) is 10.7. The fourth-order valence-corrected chi connectivity index (χ4v) is 3.19. The number of unbranched alkanes of at least 4 members (excludes halogenated alkanes) is 1. The molecular formula is C13H18Se. The SMILES string of the molecule is CCCC[Se]/C=C(\C)c1ccccc1. The second-order valence-corrected chi connectivity index (χ2v) is 5.44. The van der Waals surface area contributed by atoms with Crippen LogP contribution in [0.15, 0.2) is 35.3 Å². The van der Waals surface area contributed by atoms with Gasteiger partial charge in [0.25, 0.3) is 0 Å². The van der Waals surface area contributed by atoms with E-state index >= 15 is 0 Å². The predicted molar refractivity (Wildman–Crippen MR) is 65.6 cm³/mol. The molecule has 0 aliphatic carbocycles. The van der Waals surface area contributed by atoms with Crippen molar-refractivity contribution in [2.24, 2.45) is 0 Å². The van der Waals surface area contributed by atoms with Gasteiger partial charge in [-0.3, -0.25) is 0 Å². The van der Waals surface area contributed by atoms with E-state index in [1.54, 1.807) is 0 Å². The molecule has 0 aromatic heterocycles. The number of benzene rings is 1. The summed E-state index contributed by atoms with van der Waals surface area (Å²) < 4.78 is 0. The van der Waals surface area contributed by atoms with E-state index in [2.05, 4.69) is 49.2 Å². The molecule has 0 unspecified atom stereocenters. The summed E-state index contributed by atoms with van der Waals surface area (Å²) in [6, 6.07) is 10.6. The summed E-state index contributed by atoms with van der Waals surface area (Å²) in [5.74, 6) is 0. The Morgan fingerprint density at radius 3 is 2.64 bits per heavy atom. The Morgan fingerprint density at radius 1 is 1.29 bits per heavy atom. The van der Waals surface area contributed by atoms with Gasteiger partial charge >= 0.3 is 93.4 Å². The molecule has 1 rings (SSSR count). The average molecular weight is 253 g/mol. The van der Waals surface area contributed by atoms with Crippen molar-refractivity contribution >= 4 is 20.5 Å². The molecule has 0 saturated carbocycles. The van der Waals surface area contributed by atoms with Crippen LogP contribution >= 0.6 is 0 Å². The zero-order valence-electron chi connectivity index (χ0n) is 8.99. The van der Waals surface area contributed by atoms with Crippen LogP contribution in [0.25, 0.3) is 5.57 Å². The van der Waals surface area contributed by atoms with Crippen molar-refractivity contribution in [1.82, 2.24) is 0 Å². The number of allylic oxidation sites excluding steroid dienone is 1. The Bertz CT molecular complexity index is 275. The van der Waals surface area contributed by atoms with Gasteiger partial charge in [0.1, 0.15) is 0 Å². The molecule has 0 amide bonds. The van der Waals surface area contributed by atoms with Gasteiger partial charge in [-0.2, -0.15) is 0 Å². The van der Waals surface area contributed by atoms with Gasteiger partial charge in [-0.25, -0.2) is 0 Å². The molecule has 76 valence electrons. The molecule has 1 aromatic rings. The molecule has 0 aliphatic rings. The van der Waals surface area contributed by atoms with Crippen molar-refractivity contribution in [3.63, 3.8) is 0 Å². The quantitative estimate of drug-likeness (QED) is 0.550. The number of rotatable bonds is 5. The van der Waals surface area contributed by atoms with Crippen LogP contribution in [0, 0.1) is 0 Å². The number of hydrogen-bond donors (Lipinski definition) is 0. The third kappa shape index (κ3) is 4.13. The first-order chi connectivity index (χ1) is 6.84. The molecule has 0 nitrogen and oxygen atoms in total. The van der Waals surface area contributed by atoms with E-state index < -0.39 is 0 Å². The van der Waals surface area contributed by atoms with Crippen LogP contribution in [0.1, 0.15) is 32.3 Å². The van der Waals surface area contributed by atoms with Gasteiger partial charge in [0.05, 0.1) is 0 Å². The van der Waals surface area contributed by atoms with Gasteiger partial charge in [-0.15, -0.1) is 0 Å². The van der Waals surface area contributed by atoms with Crippen LogP contribution in [0.4, 0.5) is 0 Å². The first kappa shape index (κ1) is 11.6. The Kier molecular flexibility index (Phi) is 5.66. The molecule has 0 N–H and O–H groups in total. The van der Waals surface area contributed by atoms with E-state index in [0.717, 1.165) is 0 Å². The van der Waals surface area contributed by atoms with Crippen LogP contribution in [0.3, 0.4) is 0 Å². The Hall–Kier alpha value is -0.521. The summed E-state index contributed by atoms with van der Waals surface area (Å²) in [5, 5.41) is 1.38. The Labute approximate surface area is 93.6 Å². The van der Waals surface area contributed by atoms with Crippen LogP contribution in [-0.2, 0) is 0 Å². The second kappa shape index (κ2) is 6.86. The fraction of sp³-hybridized carbons (Fsp3) is 0.385. The molecule has 0 atom stereocenters. The summed E-state index contributed by atoms with van der Waals surface area (Å²) >= 11 is 0.690. The van der Waals surface area contributed by atoms with Gasteiger partial charge in [-0.05, 0) is 0 Å². The van der Waals surface area contributed by atoms with Crippen LogP contribution in [0.5, 0.6) is 0 Å². The van der Waals surface area contributed by atoms with Gasteiger partial charge < -0.3 is 0 Å². The van der Waals surface area contributed by atoms with Crippen LogP contribution in [-0.4, -0.2) is 15.0 Å². The molecular weight excluding hydrogens is 235 g/mol. The molecule has 0 aliphatic heterocycles. The third-order valence-corrected chi connectivity index (χ3v) is 4.30. The van der Waals surface area contributed by atoms with E-state index in [1.807, 2.05) is 0 Å². The number of hydrogen-bond acceptors (Lipinski definition) is 0. The molecule has 14 heavy (non-hydrogen) atoms. The van der Waals surface area contributed by atoms with Gasteiger partial charge in [0.15, 0.2) is 0 Å². The second-order valence-electron chi connectivity index (χ2n) is 3.39. The van der Waals surface area contributed by atoms with E-state index in [9.17, 15) is 0 Å². The molecule has 0 heterocycles. The molecule has 0 spiro atoms. The van der Waals surface area contributed by atoms with Gasteiger partial charge in [-0.1, -0.05) is 0 Å². The van der Waals surface area contributed by atoms with Crippen molar-refractivity contribution in [2.45, 2.75) is 32.0 Å². The topological polar surface area (TPSA) is 0 Å². The maximum absolute atomic E-state index is 2.41. The fourth-order valence-electron chi connectivity index (χ4n) is 1.18. The predicted octanol–water partition coefficient (Wildman–Crippen LogP) is 3.97. The summed E-state index contributed by atoms with van der Waals surface area (Å²) in [6.45, 7) is 4.47.